The molecular formula is C31H28N4O4. The standard InChI is InChI=1S/C31H28N4O4/c1-3-23(22-15-9-6-10-16-22)29(36)33-28-25(31(38)39-4-2)19-24-27(35(28)20-21-13-7-5-8-14-21)32-26-17-11-12-18-34(26)30(24)37/h5-19,23H,3-4,20H2,1-2H3/t23-/m0/s1. The summed E-state index contributed by atoms with van der Waals surface area (Å²) in [4.78, 5) is 49.8. The highest BCUT2D eigenvalue weighted by Gasteiger charge is 2.23. The Labute approximate surface area is 224 Å². The summed E-state index contributed by atoms with van der Waals surface area (Å²) in [5, 5.41) is 0.221. The molecule has 0 spiro atoms. The fourth-order valence-corrected chi connectivity index (χ4v) is 4.69. The average molecular weight is 521 g/mol. The van der Waals surface area contributed by atoms with Gasteiger partial charge in [0.15, 0.2) is 5.49 Å². The van der Waals surface area contributed by atoms with E-state index in [1.165, 1.54) is 10.5 Å². The molecule has 0 aliphatic rings. The summed E-state index contributed by atoms with van der Waals surface area (Å²) in [6.07, 6.45) is 2.15. The molecule has 0 saturated carbocycles. The van der Waals surface area contributed by atoms with Gasteiger partial charge in [0.25, 0.3) is 11.5 Å². The van der Waals surface area contributed by atoms with E-state index in [4.69, 9.17) is 9.72 Å². The van der Waals surface area contributed by atoms with Gasteiger partial charge in [-0.3, -0.25) is 14.0 Å². The first-order chi connectivity index (χ1) is 19.0. The predicted molar refractivity (Wildman–Crippen MR) is 149 cm³/mol. The summed E-state index contributed by atoms with van der Waals surface area (Å²) < 4.78 is 8.44. The molecule has 39 heavy (non-hydrogen) atoms. The fraction of sp³-hybridized carbons (Fsp3) is 0.194. The number of benzene rings is 2. The number of nitrogens with zero attached hydrogens (tertiary/aromatic N) is 4. The van der Waals surface area contributed by atoms with Gasteiger partial charge in [0, 0.05) is 6.20 Å². The lowest BCUT2D eigenvalue weighted by atomic mass is 9.96. The number of carbonyl (C=O) groups is 2. The van der Waals surface area contributed by atoms with Crippen molar-refractivity contribution < 1.29 is 14.3 Å². The van der Waals surface area contributed by atoms with Gasteiger partial charge in [0.2, 0.25) is 0 Å². The van der Waals surface area contributed by atoms with Crippen LogP contribution in [-0.2, 0) is 16.1 Å². The van der Waals surface area contributed by atoms with E-state index >= 15 is 0 Å². The molecule has 0 aliphatic heterocycles. The molecule has 0 radical (unpaired) electrons. The number of hydrogen-bond acceptors (Lipinski definition) is 5. The quantitative estimate of drug-likeness (QED) is 0.233. The molecule has 1 amide bonds. The Morgan fingerprint density at radius 1 is 0.949 bits per heavy atom. The maximum Gasteiger partial charge on any atom is 0.341 e. The van der Waals surface area contributed by atoms with Gasteiger partial charge in [-0.2, -0.15) is 4.99 Å². The van der Waals surface area contributed by atoms with E-state index in [9.17, 15) is 14.4 Å². The van der Waals surface area contributed by atoms with E-state index in [2.05, 4.69) is 4.99 Å². The van der Waals surface area contributed by atoms with Crippen LogP contribution < -0.4 is 11.0 Å². The zero-order chi connectivity index (χ0) is 27.4. The predicted octanol–water partition coefficient (Wildman–Crippen LogP) is 4.50. The van der Waals surface area contributed by atoms with Crippen molar-refractivity contribution in [3.8, 4) is 0 Å². The molecule has 5 aromatic rings. The second-order valence-corrected chi connectivity index (χ2v) is 9.08. The Bertz CT molecular complexity index is 1790. The minimum atomic E-state index is -0.668. The molecule has 196 valence electrons. The molecule has 2 aromatic carbocycles. The van der Waals surface area contributed by atoms with E-state index < -0.39 is 17.8 Å². The van der Waals surface area contributed by atoms with Crippen molar-refractivity contribution in [1.29, 1.82) is 0 Å². The Morgan fingerprint density at radius 3 is 2.33 bits per heavy atom. The van der Waals surface area contributed by atoms with Crippen LogP contribution in [0.25, 0.3) is 16.7 Å². The maximum absolute atomic E-state index is 13.7. The number of rotatable bonds is 7. The van der Waals surface area contributed by atoms with E-state index in [0.29, 0.717) is 17.7 Å². The molecule has 0 N–H and O–H groups in total. The van der Waals surface area contributed by atoms with Crippen LogP contribution in [0.4, 0.5) is 0 Å². The molecule has 0 bridgehead atoms. The fourth-order valence-electron chi connectivity index (χ4n) is 4.69. The monoisotopic (exact) mass is 520 g/mol. The second kappa shape index (κ2) is 11.3. The maximum atomic E-state index is 13.7. The lowest BCUT2D eigenvalue weighted by molar-refractivity contribution is -0.119. The number of ether oxygens (including phenoxy) is 1. The number of hydrogen-bond donors (Lipinski definition) is 0. The summed E-state index contributed by atoms with van der Waals surface area (Å²) in [6, 6.07) is 25.7. The number of pyridine rings is 2. The number of carbonyl (C=O) groups excluding carboxylic acids is 2. The van der Waals surface area contributed by atoms with Gasteiger partial charge in [-0.15, -0.1) is 0 Å². The van der Waals surface area contributed by atoms with Crippen LogP contribution in [0.15, 0.2) is 101 Å². The minimum Gasteiger partial charge on any atom is -0.462 e. The van der Waals surface area contributed by atoms with Gasteiger partial charge in [-0.05, 0) is 42.7 Å². The topological polar surface area (TPSA) is 95.0 Å². The van der Waals surface area contributed by atoms with Crippen LogP contribution in [0, 0.1) is 0 Å². The molecule has 8 nitrogen and oxygen atoms in total. The smallest absolute Gasteiger partial charge is 0.341 e. The molecule has 3 aromatic heterocycles. The van der Waals surface area contributed by atoms with Crippen LogP contribution >= 0.6 is 0 Å². The van der Waals surface area contributed by atoms with Gasteiger partial charge in [0.05, 0.1) is 24.5 Å². The van der Waals surface area contributed by atoms with Gasteiger partial charge in [0.1, 0.15) is 16.9 Å². The zero-order valence-electron chi connectivity index (χ0n) is 21.8. The number of fused-ring (bicyclic) bond motifs is 2. The lowest BCUT2D eigenvalue weighted by Crippen LogP contribution is -2.33. The molecule has 3 heterocycles. The summed E-state index contributed by atoms with van der Waals surface area (Å²) in [7, 11) is 0. The second-order valence-electron chi connectivity index (χ2n) is 9.08. The highest BCUT2D eigenvalue weighted by Crippen LogP contribution is 2.21. The summed E-state index contributed by atoms with van der Waals surface area (Å²) in [6.45, 7) is 3.98. The molecule has 5 rings (SSSR count). The molecular weight excluding hydrogens is 492 g/mol. The highest BCUT2D eigenvalue weighted by molar-refractivity contribution is 5.94. The zero-order valence-corrected chi connectivity index (χ0v) is 21.8. The Balaban J connectivity index is 1.86. The van der Waals surface area contributed by atoms with Gasteiger partial charge < -0.3 is 9.30 Å². The lowest BCUT2D eigenvalue weighted by Gasteiger charge is -2.16. The van der Waals surface area contributed by atoms with Crippen molar-refractivity contribution in [2.75, 3.05) is 6.61 Å². The molecule has 0 saturated heterocycles. The van der Waals surface area contributed by atoms with Crippen molar-refractivity contribution in [3.05, 3.63) is 124 Å². The summed E-state index contributed by atoms with van der Waals surface area (Å²) in [5.41, 5.74) is 2.29. The van der Waals surface area contributed by atoms with E-state index in [-0.39, 0.29) is 35.1 Å². The Kier molecular flexibility index (Phi) is 7.45. The van der Waals surface area contributed by atoms with E-state index in [1.807, 2.05) is 67.6 Å². The third-order valence-electron chi connectivity index (χ3n) is 6.59. The van der Waals surface area contributed by atoms with Crippen LogP contribution in [-0.4, -0.2) is 32.4 Å². The molecule has 0 unspecified atom stereocenters. The van der Waals surface area contributed by atoms with Gasteiger partial charge in [-0.25, -0.2) is 9.78 Å². The number of aromatic nitrogens is 3. The third kappa shape index (κ3) is 5.13. The minimum absolute atomic E-state index is 0.0336. The molecule has 8 heteroatoms. The van der Waals surface area contributed by atoms with Gasteiger partial charge in [-0.1, -0.05) is 73.7 Å². The van der Waals surface area contributed by atoms with Crippen molar-refractivity contribution in [2.24, 2.45) is 4.99 Å². The summed E-state index contributed by atoms with van der Waals surface area (Å²) >= 11 is 0. The van der Waals surface area contributed by atoms with Crippen molar-refractivity contribution in [3.63, 3.8) is 0 Å². The van der Waals surface area contributed by atoms with Gasteiger partial charge >= 0.3 is 5.97 Å². The SMILES string of the molecule is CCOC(=O)c1cc2c(=O)n3ccccc3nc2n(Cc2ccccc2)c1=NC(=O)[C@@H](CC)c1ccccc1. The number of esters is 1. The first kappa shape index (κ1) is 25.8. The molecule has 0 fully saturated rings. The van der Waals surface area contributed by atoms with Crippen molar-refractivity contribution >= 4 is 28.6 Å². The first-order valence-corrected chi connectivity index (χ1v) is 12.9. The molecule has 0 aliphatic carbocycles. The largest absolute Gasteiger partial charge is 0.462 e. The van der Waals surface area contributed by atoms with E-state index in [0.717, 1.165) is 11.1 Å². The highest BCUT2D eigenvalue weighted by atomic mass is 16.5. The normalized spacial score (nSPS) is 12.5. The van der Waals surface area contributed by atoms with Crippen molar-refractivity contribution in [2.45, 2.75) is 32.7 Å². The Morgan fingerprint density at radius 2 is 1.64 bits per heavy atom. The number of amides is 1. The summed E-state index contributed by atoms with van der Waals surface area (Å²) in [5.74, 6) is -1.57. The van der Waals surface area contributed by atoms with Crippen LogP contribution in [0.5, 0.6) is 0 Å². The average Bonchev–Trinajstić information content (AvgIpc) is 2.96. The van der Waals surface area contributed by atoms with Crippen LogP contribution in [0.3, 0.4) is 0 Å². The Hall–Kier alpha value is -4.85. The first-order valence-electron chi connectivity index (χ1n) is 12.9. The van der Waals surface area contributed by atoms with E-state index in [1.54, 1.807) is 35.9 Å². The van der Waals surface area contributed by atoms with Crippen LogP contribution in [0.2, 0.25) is 0 Å². The van der Waals surface area contributed by atoms with Crippen LogP contribution in [0.1, 0.15) is 47.7 Å². The molecule has 1 atom stereocenters. The third-order valence-corrected chi connectivity index (χ3v) is 6.59. The van der Waals surface area contributed by atoms with Crippen molar-refractivity contribution in [1.82, 2.24) is 14.0 Å².